The molecule has 0 aromatic carbocycles. The number of hydrogen-bond donors (Lipinski definition) is 2. The lowest BCUT2D eigenvalue weighted by atomic mass is 9.79. The maximum atomic E-state index is 11.1. The number of azide groups is 1. The van der Waals surface area contributed by atoms with E-state index in [-0.39, 0.29) is 11.9 Å². The Balaban J connectivity index is 2.19. The standard InChI is InChI=1S/C9H17N5O/c10-9(15)8(7-3-1-4-7)12-5-2-6-13-14-11/h7-8,12H,1-6H2,(H2,10,15). The largest absolute Gasteiger partial charge is 0.368 e. The van der Waals surface area contributed by atoms with E-state index in [4.69, 9.17) is 11.3 Å². The Morgan fingerprint density at radius 2 is 2.40 bits per heavy atom. The van der Waals surface area contributed by atoms with Crippen LogP contribution >= 0.6 is 0 Å². The van der Waals surface area contributed by atoms with E-state index in [1.54, 1.807) is 0 Å². The highest BCUT2D eigenvalue weighted by Gasteiger charge is 2.30. The van der Waals surface area contributed by atoms with Crippen molar-refractivity contribution in [3.63, 3.8) is 0 Å². The first-order chi connectivity index (χ1) is 7.25. The number of carbonyl (C=O) groups excluding carboxylic acids is 1. The summed E-state index contributed by atoms with van der Waals surface area (Å²) in [6.07, 6.45) is 4.09. The fourth-order valence-electron chi connectivity index (χ4n) is 1.72. The van der Waals surface area contributed by atoms with Crippen LogP contribution < -0.4 is 11.1 Å². The van der Waals surface area contributed by atoms with Crippen molar-refractivity contribution in [1.29, 1.82) is 0 Å². The summed E-state index contributed by atoms with van der Waals surface area (Å²) in [5.74, 6) is 0.130. The zero-order chi connectivity index (χ0) is 11.1. The average molecular weight is 211 g/mol. The van der Waals surface area contributed by atoms with Crippen molar-refractivity contribution in [3.8, 4) is 0 Å². The zero-order valence-electron chi connectivity index (χ0n) is 8.72. The average Bonchev–Trinajstić information content (AvgIpc) is 2.12. The van der Waals surface area contributed by atoms with Crippen LogP contribution in [0.15, 0.2) is 5.11 Å². The monoisotopic (exact) mass is 211 g/mol. The number of primary amides is 1. The molecule has 3 N–H and O–H groups in total. The van der Waals surface area contributed by atoms with E-state index in [2.05, 4.69) is 15.3 Å². The molecule has 6 heteroatoms. The van der Waals surface area contributed by atoms with Gasteiger partial charge >= 0.3 is 0 Å². The Labute approximate surface area is 88.8 Å². The van der Waals surface area contributed by atoms with E-state index < -0.39 is 0 Å². The van der Waals surface area contributed by atoms with Gasteiger partial charge in [0.1, 0.15) is 0 Å². The summed E-state index contributed by atoms with van der Waals surface area (Å²) in [6.45, 7) is 1.13. The van der Waals surface area contributed by atoms with Crippen LogP contribution in [0.5, 0.6) is 0 Å². The van der Waals surface area contributed by atoms with Gasteiger partial charge in [0.2, 0.25) is 5.91 Å². The van der Waals surface area contributed by atoms with Crippen LogP contribution in [0.2, 0.25) is 0 Å². The lowest BCUT2D eigenvalue weighted by molar-refractivity contribution is -0.122. The van der Waals surface area contributed by atoms with E-state index in [1.165, 1.54) is 6.42 Å². The number of nitrogens with zero attached hydrogens (tertiary/aromatic N) is 3. The first-order valence-electron chi connectivity index (χ1n) is 5.29. The fraction of sp³-hybridized carbons (Fsp3) is 0.889. The van der Waals surface area contributed by atoms with E-state index in [0.29, 0.717) is 19.0 Å². The summed E-state index contributed by atoms with van der Waals surface area (Å²) < 4.78 is 0. The summed E-state index contributed by atoms with van der Waals surface area (Å²) in [6, 6.07) is -0.204. The van der Waals surface area contributed by atoms with Gasteiger partial charge in [-0.15, -0.1) is 0 Å². The highest BCUT2D eigenvalue weighted by atomic mass is 16.1. The van der Waals surface area contributed by atoms with Crippen LogP contribution in [-0.2, 0) is 4.79 Å². The second-order valence-electron chi connectivity index (χ2n) is 3.83. The fourth-order valence-corrected chi connectivity index (χ4v) is 1.72. The summed E-state index contributed by atoms with van der Waals surface area (Å²) in [4.78, 5) is 13.8. The van der Waals surface area contributed by atoms with E-state index in [9.17, 15) is 4.79 Å². The number of nitrogens with one attached hydrogen (secondary N) is 1. The molecule has 1 aliphatic carbocycles. The Hall–Kier alpha value is -1.26. The molecular weight excluding hydrogens is 194 g/mol. The van der Waals surface area contributed by atoms with Crippen molar-refractivity contribution in [2.24, 2.45) is 16.8 Å². The molecule has 0 heterocycles. The maximum absolute atomic E-state index is 11.1. The Morgan fingerprint density at radius 3 is 2.87 bits per heavy atom. The van der Waals surface area contributed by atoms with Gasteiger partial charge < -0.3 is 11.1 Å². The highest BCUT2D eigenvalue weighted by Crippen LogP contribution is 2.29. The van der Waals surface area contributed by atoms with Crippen molar-refractivity contribution in [1.82, 2.24) is 5.32 Å². The maximum Gasteiger partial charge on any atom is 0.234 e. The summed E-state index contributed by atoms with van der Waals surface area (Å²) in [5, 5.41) is 6.54. The van der Waals surface area contributed by atoms with Crippen LogP contribution in [0, 0.1) is 5.92 Å². The Kier molecular flexibility index (Phi) is 4.93. The number of hydrogen-bond acceptors (Lipinski definition) is 3. The predicted molar refractivity (Wildman–Crippen MR) is 57.0 cm³/mol. The van der Waals surface area contributed by atoms with Crippen LogP contribution in [0.25, 0.3) is 10.4 Å². The number of rotatable bonds is 7. The summed E-state index contributed by atoms with van der Waals surface area (Å²) in [5.41, 5.74) is 13.4. The van der Waals surface area contributed by atoms with Crippen molar-refractivity contribution < 1.29 is 4.79 Å². The third-order valence-electron chi connectivity index (χ3n) is 2.79. The van der Waals surface area contributed by atoms with Crippen LogP contribution in [0.3, 0.4) is 0 Å². The quantitative estimate of drug-likeness (QED) is 0.283. The van der Waals surface area contributed by atoms with Crippen LogP contribution in [-0.4, -0.2) is 25.0 Å². The lowest BCUT2D eigenvalue weighted by Gasteiger charge is -2.32. The molecule has 0 aliphatic heterocycles. The van der Waals surface area contributed by atoms with E-state index >= 15 is 0 Å². The molecule has 0 spiro atoms. The van der Waals surface area contributed by atoms with Gasteiger partial charge in [-0.3, -0.25) is 4.79 Å². The smallest absolute Gasteiger partial charge is 0.234 e. The molecule has 0 aromatic heterocycles. The van der Waals surface area contributed by atoms with Gasteiger partial charge in [0, 0.05) is 11.5 Å². The van der Waals surface area contributed by atoms with Gasteiger partial charge in [-0.2, -0.15) is 0 Å². The molecule has 1 saturated carbocycles. The molecule has 6 nitrogen and oxygen atoms in total. The second-order valence-corrected chi connectivity index (χ2v) is 3.83. The van der Waals surface area contributed by atoms with Gasteiger partial charge in [-0.25, -0.2) is 0 Å². The first-order valence-corrected chi connectivity index (χ1v) is 5.29. The molecule has 0 radical (unpaired) electrons. The molecule has 1 fully saturated rings. The minimum absolute atomic E-state index is 0.204. The topological polar surface area (TPSA) is 104 Å². The van der Waals surface area contributed by atoms with Crippen molar-refractivity contribution in [3.05, 3.63) is 10.4 Å². The molecule has 84 valence electrons. The molecule has 1 aliphatic rings. The third-order valence-corrected chi connectivity index (χ3v) is 2.79. The van der Waals surface area contributed by atoms with Crippen molar-refractivity contribution in [2.45, 2.75) is 31.7 Å². The minimum atomic E-state index is -0.275. The van der Waals surface area contributed by atoms with Crippen molar-refractivity contribution in [2.75, 3.05) is 13.1 Å². The first kappa shape index (κ1) is 11.8. The van der Waals surface area contributed by atoms with Gasteiger partial charge in [-0.1, -0.05) is 11.5 Å². The van der Waals surface area contributed by atoms with Gasteiger partial charge in [0.25, 0.3) is 0 Å². The Bertz CT molecular complexity index is 257. The minimum Gasteiger partial charge on any atom is -0.368 e. The Morgan fingerprint density at radius 1 is 1.67 bits per heavy atom. The van der Waals surface area contributed by atoms with Gasteiger partial charge in [0.05, 0.1) is 6.04 Å². The molecule has 0 saturated heterocycles. The molecule has 0 bridgehead atoms. The van der Waals surface area contributed by atoms with Gasteiger partial charge in [-0.05, 0) is 37.3 Å². The SMILES string of the molecule is [N-]=[N+]=NCCCNC(C(N)=O)C1CCC1. The number of amides is 1. The normalized spacial score (nSPS) is 17.6. The predicted octanol–water partition coefficient (Wildman–Crippen LogP) is 0.930. The molecule has 1 rings (SSSR count). The summed E-state index contributed by atoms with van der Waals surface area (Å²) in [7, 11) is 0. The molecule has 0 aromatic rings. The molecule has 1 amide bonds. The molecule has 1 unspecified atom stereocenters. The van der Waals surface area contributed by atoms with E-state index in [0.717, 1.165) is 19.3 Å². The molecular formula is C9H17N5O. The van der Waals surface area contributed by atoms with Crippen LogP contribution in [0.1, 0.15) is 25.7 Å². The summed E-state index contributed by atoms with van der Waals surface area (Å²) >= 11 is 0. The lowest BCUT2D eigenvalue weighted by Crippen LogP contribution is -2.49. The molecule has 15 heavy (non-hydrogen) atoms. The van der Waals surface area contributed by atoms with Crippen LogP contribution in [0.4, 0.5) is 0 Å². The molecule has 1 atom stereocenters. The number of carbonyl (C=O) groups is 1. The number of nitrogens with two attached hydrogens (primary N) is 1. The van der Waals surface area contributed by atoms with E-state index in [1.807, 2.05) is 0 Å². The zero-order valence-corrected chi connectivity index (χ0v) is 8.72. The second kappa shape index (κ2) is 6.27. The van der Waals surface area contributed by atoms with Gasteiger partial charge in [0.15, 0.2) is 0 Å². The van der Waals surface area contributed by atoms with Crippen molar-refractivity contribution >= 4 is 5.91 Å². The third kappa shape index (κ3) is 3.77. The highest BCUT2D eigenvalue weighted by molar-refractivity contribution is 5.80.